The van der Waals surface area contributed by atoms with Crippen LogP contribution in [0, 0.1) is 11.8 Å². The molecule has 2 bridgehead atoms. The van der Waals surface area contributed by atoms with Gasteiger partial charge in [0.15, 0.2) is 0 Å². The third-order valence-electron chi connectivity index (χ3n) is 3.35. The van der Waals surface area contributed by atoms with Crippen LogP contribution < -0.4 is 5.32 Å². The van der Waals surface area contributed by atoms with Crippen LogP contribution in [-0.4, -0.2) is 25.3 Å². The molecule has 3 saturated heterocycles. The van der Waals surface area contributed by atoms with Gasteiger partial charge in [0.05, 0.1) is 12.2 Å². The van der Waals surface area contributed by atoms with Gasteiger partial charge in [0.2, 0.25) is 0 Å². The minimum Gasteiger partial charge on any atom is -0.374 e. The van der Waals surface area contributed by atoms with Gasteiger partial charge in [-0.05, 0) is 12.8 Å². The van der Waals surface area contributed by atoms with Gasteiger partial charge in [-0.15, -0.1) is 0 Å². The predicted octanol–water partition coefficient (Wildman–Crippen LogP) is 0.383. The van der Waals surface area contributed by atoms with Crippen molar-refractivity contribution in [2.24, 2.45) is 11.8 Å². The van der Waals surface area contributed by atoms with Crippen LogP contribution in [0.3, 0.4) is 0 Å². The topological polar surface area (TPSA) is 21.3 Å². The Morgan fingerprint density at radius 1 is 1.00 bits per heavy atom. The molecule has 0 aromatic heterocycles. The monoisotopic (exact) mass is 139 g/mol. The molecule has 0 aliphatic carbocycles. The number of rotatable bonds is 0. The second-order valence-corrected chi connectivity index (χ2v) is 3.78. The van der Waals surface area contributed by atoms with Crippen LogP contribution in [0.5, 0.6) is 0 Å². The Morgan fingerprint density at radius 3 is 2.20 bits per heavy atom. The van der Waals surface area contributed by atoms with Crippen molar-refractivity contribution in [3.8, 4) is 0 Å². The number of hydrogen-bond donors (Lipinski definition) is 1. The van der Waals surface area contributed by atoms with E-state index in [0.717, 1.165) is 11.8 Å². The molecule has 3 aliphatic rings. The summed E-state index contributed by atoms with van der Waals surface area (Å²) < 4.78 is 5.80. The van der Waals surface area contributed by atoms with Gasteiger partial charge in [0.25, 0.3) is 0 Å². The first-order valence-corrected chi connectivity index (χ1v) is 4.31. The Hall–Kier alpha value is -0.0800. The van der Waals surface area contributed by atoms with Crippen molar-refractivity contribution < 1.29 is 4.74 Å². The lowest BCUT2D eigenvalue weighted by Crippen LogP contribution is -2.24. The molecule has 10 heavy (non-hydrogen) atoms. The zero-order valence-corrected chi connectivity index (χ0v) is 6.05. The summed E-state index contributed by atoms with van der Waals surface area (Å²) in [6.45, 7) is 2.43. The molecule has 3 fully saturated rings. The van der Waals surface area contributed by atoms with Crippen molar-refractivity contribution in [3.63, 3.8) is 0 Å². The van der Waals surface area contributed by atoms with Crippen molar-refractivity contribution >= 4 is 0 Å². The maximum Gasteiger partial charge on any atom is 0.0624 e. The van der Waals surface area contributed by atoms with E-state index in [1.807, 2.05) is 0 Å². The van der Waals surface area contributed by atoms with Crippen LogP contribution in [0.1, 0.15) is 12.8 Å². The second-order valence-electron chi connectivity index (χ2n) is 3.78. The zero-order valence-electron chi connectivity index (χ0n) is 6.05. The molecular formula is C8H13NO. The van der Waals surface area contributed by atoms with Crippen molar-refractivity contribution in [1.82, 2.24) is 5.32 Å². The molecule has 0 aromatic rings. The van der Waals surface area contributed by atoms with Gasteiger partial charge in [-0.1, -0.05) is 0 Å². The van der Waals surface area contributed by atoms with Gasteiger partial charge in [-0.3, -0.25) is 0 Å². The van der Waals surface area contributed by atoms with E-state index in [1.54, 1.807) is 0 Å². The van der Waals surface area contributed by atoms with E-state index in [-0.39, 0.29) is 0 Å². The number of hydrogen-bond acceptors (Lipinski definition) is 2. The van der Waals surface area contributed by atoms with Gasteiger partial charge in [-0.25, -0.2) is 0 Å². The summed E-state index contributed by atoms with van der Waals surface area (Å²) in [7, 11) is 0. The zero-order chi connectivity index (χ0) is 6.55. The molecule has 3 aliphatic heterocycles. The molecule has 1 N–H and O–H groups in total. The first kappa shape index (κ1) is 5.56. The molecule has 3 heterocycles. The van der Waals surface area contributed by atoms with Crippen LogP contribution in [0.25, 0.3) is 0 Å². The molecule has 0 unspecified atom stereocenters. The highest BCUT2D eigenvalue weighted by Crippen LogP contribution is 2.44. The fraction of sp³-hybridized carbons (Fsp3) is 1.00. The SMILES string of the molecule is C1NC[C@H]2[C@H]1[C@H]1CC[C@H]2O1. The van der Waals surface area contributed by atoms with Crippen molar-refractivity contribution in [3.05, 3.63) is 0 Å². The van der Waals surface area contributed by atoms with Gasteiger partial charge < -0.3 is 10.1 Å². The molecule has 4 atom stereocenters. The summed E-state index contributed by atoms with van der Waals surface area (Å²) in [5.74, 6) is 1.75. The normalized spacial score (nSPS) is 57.6. The summed E-state index contributed by atoms with van der Waals surface area (Å²) >= 11 is 0. The molecule has 0 radical (unpaired) electrons. The Bertz CT molecular complexity index is 143. The van der Waals surface area contributed by atoms with Crippen molar-refractivity contribution in [1.29, 1.82) is 0 Å². The fourth-order valence-electron chi connectivity index (χ4n) is 2.85. The van der Waals surface area contributed by atoms with Crippen molar-refractivity contribution in [2.45, 2.75) is 25.0 Å². The molecular weight excluding hydrogens is 126 g/mol. The van der Waals surface area contributed by atoms with E-state index >= 15 is 0 Å². The maximum absolute atomic E-state index is 5.80. The minimum atomic E-state index is 0.630. The van der Waals surface area contributed by atoms with Gasteiger partial charge in [-0.2, -0.15) is 0 Å². The smallest absolute Gasteiger partial charge is 0.0624 e. The van der Waals surface area contributed by atoms with Crippen LogP contribution in [-0.2, 0) is 4.74 Å². The summed E-state index contributed by atoms with van der Waals surface area (Å²) in [5.41, 5.74) is 0. The van der Waals surface area contributed by atoms with Gasteiger partial charge in [0.1, 0.15) is 0 Å². The van der Waals surface area contributed by atoms with Gasteiger partial charge in [0, 0.05) is 24.9 Å². The Kier molecular flexibility index (Phi) is 0.968. The number of fused-ring (bicyclic) bond motifs is 5. The lowest BCUT2D eigenvalue weighted by molar-refractivity contribution is 0.0832. The van der Waals surface area contributed by atoms with E-state index in [9.17, 15) is 0 Å². The van der Waals surface area contributed by atoms with Crippen LogP contribution in [0.4, 0.5) is 0 Å². The molecule has 3 rings (SSSR count). The quantitative estimate of drug-likeness (QED) is 0.524. The first-order valence-electron chi connectivity index (χ1n) is 4.31. The molecule has 2 nitrogen and oxygen atoms in total. The molecule has 0 saturated carbocycles. The highest BCUT2D eigenvalue weighted by molar-refractivity contribution is 5.01. The summed E-state index contributed by atoms with van der Waals surface area (Å²) in [4.78, 5) is 0. The second kappa shape index (κ2) is 1.74. The molecule has 0 amide bonds. The maximum atomic E-state index is 5.80. The lowest BCUT2D eigenvalue weighted by Gasteiger charge is -2.18. The predicted molar refractivity (Wildman–Crippen MR) is 37.7 cm³/mol. The van der Waals surface area contributed by atoms with Crippen LogP contribution in [0.15, 0.2) is 0 Å². The number of ether oxygens (including phenoxy) is 1. The highest BCUT2D eigenvalue weighted by Gasteiger charge is 2.50. The highest BCUT2D eigenvalue weighted by atomic mass is 16.5. The Morgan fingerprint density at radius 2 is 1.60 bits per heavy atom. The molecule has 56 valence electrons. The largest absolute Gasteiger partial charge is 0.374 e. The minimum absolute atomic E-state index is 0.630. The average molecular weight is 139 g/mol. The van der Waals surface area contributed by atoms with Crippen molar-refractivity contribution in [2.75, 3.05) is 13.1 Å². The van der Waals surface area contributed by atoms with Crippen LogP contribution >= 0.6 is 0 Å². The lowest BCUT2D eigenvalue weighted by atomic mass is 9.82. The Balaban J connectivity index is 1.92. The third-order valence-corrected chi connectivity index (χ3v) is 3.35. The summed E-state index contributed by atoms with van der Waals surface area (Å²) in [5, 5.41) is 3.45. The first-order chi connectivity index (χ1) is 4.95. The van der Waals surface area contributed by atoms with Crippen LogP contribution in [0.2, 0.25) is 0 Å². The van der Waals surface area contributed by atoms with E-state index in [4.69, 9.17) is 4.74 Å². The Labute approximate surface area is 60.9 Å². The standard InChI is InChI=1S/C8H13NO/c1-2-8-6-4-9-3-5(6)7(1)10-8/h5-9H,1-4H2/t5-,6-,7+,8+/m0/s1. The van der Waals surface area contributed by atoms with E-state index < -0.39 is 0 Å². The van der Waals surface area contributed by atoms with E-state index in [0.29, 0.717) is 12.2 Å². The molecule has 2 heteroatoms. The fourth-order valence-corrected chi connectivity index (χ4v) is 2.85. The number of nitrogens with one attached hydrogen (secondary N) is 1. The van der Waals surface area contributed by atoms with E-state index in [1.165, 1.54) is 25.9 Å². The molecule has 0 aromatic carbocycles. The third kappa shape index (κ3) is 0.523. The van der Waals surface area contributed by atoms with E-state index in [2.05, 4.69) is 5.32 Å². The van der Waals surface area contributed by atoms with Gasteiger partial charge >= 0.3 is 0 Å². The summed E-state index contributed by atoms with van der Waals surface area (Å²) in [6, 6.07) is 0. The average Bonchev–Trinajstić information content (AvgIpc) is 2.60. The summed E-state index contributed by atoms with van der Waals surface area (Å²) in [6.07, 6.45) is 3.91. The molecule has 0 spiro atoms.